The summed E-state index contributed by atoms with van der Waals surface area (Å²) in [7, 11) is 0. The van der Waals surface area contributed by atoms with Gasteiger partial charge in [0.05, 0.1) is 12.3 Å². The van der Waals surface area contributed by atoms with Gasteiger partial charge in [-0.3, -0.25) is 9.69 Å². The molecule has 1 amide bonds. The van der Waals surface area contributed by atoms with Gasteiger partial charge in [0, 0.05) is 13.0 Å². The van der Waals surface area contributed by atoms with Crippen LogP contribution in [-0.4, -0.2) is 30.0 Å². The molecule has 0 aliphatic heterocycles. The van der Waals surface area contributed by atoms with Crippen LogP contribution in [0.3, 0.4) is 0 Å². The summed E-state index contributed by atoms with van der Waals surface area (Å²) >= 11 is 2.89. The van der Waals surface area contributed by atoms with E-state index in [2.05, 4.69) is 17.3 Å². The Hall–Kier alpha value is -1.73. The number of thiazole rings is 1. The summed E-state index contributed by atoms with van der Waals surface area (Å²) in [6.07, 6.45) is 4.23. The van der Waals surface area contributed by atoms with Gasteiger partial charge in [0.1, 0.15) is 4.88 Å². The number of amides is 1. The monoisotopic (exact) mass is 394 g/mol. The van der Waals surface area contributed by atoms with E-state index in [0.29, 0.717) is 35.3 Å². The average Bonchev–Trinajstić information content (AvgIpc) is 3.26. The minimum Gasteiger partial charge on any atom is -0.462 e. The molecule has 0 spiro atoms. The lowest BCUT2D eigenvalue weighted by Gasteiger charge is -2.19. The molecule has 2 aromatic heterocycles. The highest BCUT2D eigenvalue weighted by atomic mass is 32.1. The zero-order chi connectivity index (χ0) is 18.9. The molecule has 0 bridgehead atoms. The number of rotatable bonds is 10. The molecular formula is C19H26N2O3S2. The Balaban J connectivity index is 2.13. The fraction of sp³-hybridized carbons (Fsp3) is 0.526. The number of anilines is 1. The molecule has 0 radical (unpaired) electrons. The highest BCUT2D eigenvalue weighted by Crippen LogP contribution is 2.28. The van der Waals surface area contributed by atoms with Crippen LogP contribution in [0.1, 0.15) is 60.5 Å². The Morgan fingerprint density at radius 3 is 2.73 bits per heavy atom. The second-order valence-electron chi connectivity index (χ2n) is 6.02. The number of unbranched alkanes of at least 4 members (excludes halogenated alkanes) is 2. The van der Waals surface area contributed by atoms with Crippen molar-refractivity contribution in [2.45, 2.75) is 52.9 Å². The number of ether oxygens (including phenoxy) is 1. The molecule has 0 saturated carbocycles. The Kier molecular flexibility index (Phi) is 8.25. The third kappa shape index (κ3) is 5.64. The third-order valence-electron chi connectivity index (χ3n) is 3.97. The minimum absolute atomic E-state index is 0.0523. The topological polar surface area (TPSA) is 59.5 Å². The summed E-state index contributed by atoms with van der Waals surface area (Å²) in [5, 5.41) is 4.69. The van der Waals surface area contributed by atoms with Gasteiger partial charge in [-0.05, 0) is 49.1 Å². The zero-order valence-corrected chi connectivity index (χ0v) is 17.3. The van der Waals surface area contributed by atoms with Crippen LogP contribution in [0.25, 0.3) is 0 Å². The number of carbonyl (C=O) groups is 2. The molecule has 2 aromatic rings. The Labute approximate surface area is 163 Å². The molecule has 7 heteroatoms. The van der Waals surface area contributed by atoms with Crippen molar-refractivity contribution in [3.8, 4) is 0 Å². The molecule has 0 aliphatic rings. The molecule has 0 aromatic carbocycles. The SMILES string of the molecule is CCCCCN(C(=O)CCc1ccsc1)c1nc(C)c(C(=O)OCC)s1. The number of aryl methyl sites for hydroxylation is 2. The van der Waals surface area contributed by atoms with Crippen molar-refractivity contribution in [3.05, 3.63) is 33.0 Å². The fourth-order valence-electron chi connectivity index (χ4n) is 2.55. The molecule has 0 fully saturated rings. The number of thiophene rings is 1. The summed E-state index contributed by atoms with van der Waals surface area (Å²) in [5.74, 6) is -0.315. The lowest BCUT2D eigenvalue weighted by atomic mass is 10.1. The molecule has 26 heavy (non-hydrogen) atoms. The lowest BCUT2D eigenvalue weighted by molar-refractivity contribution is -0.118. The predicted molar refractivity (Wildman–Crippen MR) is 107 cm³/mol. The van der Waals surface area contributed by atoms with Crippen molar-refractivity contribution in [2.75, 3.05) is 18.1 Å². The maximum Gasteiger partial charge on any atom is 0.350 e. The van der Waals surface area contributed by atoms with Crippen LogP contribution in [0.2, 0.25) is 0 Å². The molecule has 0 saturated heterocycles. The molecule has 2 heterocycles. The van der Waals surface area contributed by atoms with Gasteiger partial charge < -0.3 is 4.74 Å². The number of aromatic nitrogens is 1. The standard InChI is InChI=1S/C19H26N2O3S2/c1-4-6-7-11-21(16(22)9-8-15-10-12-25-13-15)19-20-14(3)17(26-19)18(23)24-5-2/h10,12-13H,4-9,11H2,1-3H3. The van der Waals surface area contributed by atoms with E-state index in [1.807, 2.05) is 11.4 Å². The van der Waals surface area contributed by atoms with Crippen LogP contribution in [0, 0.1) is 6.92 Å². The summed E-state index contributed by atoms with van der Waals surface area (Å²) in [6.45, 7) is 6.65. The molecule has 0 atom stereocenters. The van der Waals surface area contributed by atoms with E-state index in [4.69, 9.17) is 4.74 Å². The lowest BCUT2D eigenvalue weighted by Crippen LogP contribution is -2.32. The number of hydrogen-bond acceptors (Lipinski definition) is 6. The van der Waals surface area contributed by atoms with Gasteiger partial charge in [-0.1, -0.05) is 31.1 Å². The number of esters is 1. The van der Waals surface area contributed by atoms with Crippen LogP contribution in [0.15, 0.2) is 16.8 Å². The van der Waals surface area contributed by atoms with Crippen molar-refractivity contribution >= 4 is 39.7 Å². The summed E-state index contributed by atoms with van der Waals surface area (Å²) in [6, 6.07) is 2.05. The first-order chi connectivity index (χ1) is 12.6. The van der Waals surface area contributed by atoms with Crippen LogP contribution in [0.5, 0.6) is 0 Å². The van der Waals surface area contributed by atoms with Crippen LogP contribution in [-0.2, 0) is 16.0 Å². The van der Waals surface area contributed by atoms with E-state index in [1.54, 1.807) is 30.1 Å². The highest BCUT2D eigenvalue weighted by Gasteiger charge is 2.23. The first kappa shape index (κ1) is 20.6. The molecule has 142 valence electrons. The normalized spacial score (nSPS) is 10.7. The number of hydrogen-bond donors (Lipinski definition) is 0. The van der Waals surface area contributed by atoms with Gasteiger partial charge in [-0.2, -0.15) is 11.3 Å². The molecule has 0 aliphatic carbocycles. The largest absolute Gasteiger partial charge is 0.462 e. The van der Waals surface area contributed by atoms with Gasteiger partial charge in [0.25, 0.3) is 0 Å². The van der Waals surface area contributed by atoms with Crippen molar-refractivity contribution < 1.29 is 14.3 Å². The van der Waals surface area contributed by atoms with Gasteiger partial charge >= 0.3 is 5.97 Å². The third-order valence-corrected chi connectivity index (χ3v) is 5.86. The second kappa shape index (κ2) is 10.4. The first-order valence-electron chi connectivity index (χ1n) is 9.02. The maximum atomic E-state index is 12.8. The Bertz CT molecular complexity index is 710. The predicted octanol–water partition coefficient (Wildman–Crippen LogP) is 4.85. The van der Waals surface area contributed by atoms with E-state index < -0.39 is 0 Å². The first-order valence-corrected chi connectivity index (χ1v) is 10.8. The van der Waals surface area contributed by atoms with Crippen LogP contribution < -0.4 is 4.90 Å². The molecule has 5 nitrogen and oxygen atoms in total. The van der Waals surface area contributed by atoms with Gasteiger partial charge in [0.15, 0.2) is 5.13 Å². The maximum absolute atomic E-state index is 12.8. The molecule has 2 rings (SSSR count). The van der Waals surface area contributed by atoms with Crippen molar-refractivity contribution in [1.82, 2.24) is 4.98 Å². The average molecular weight is 395 g/mol. The molecule has 0 unspecified atom stereocenters. The quantitative estimate of drug-likeness (QED) is 0.427. The second-order valence-corrected chi connectivity index (χ2v) is 7.77. The van der Waals surface area contributed by atoms with E-state index in [1.165, 1.54) is 16.9 Å². The van der Waals surface area contributed by atoms with Crippen LogP contribution >= 0.6 is 22.7 Å². The van der Waals surface area contributed by atoms with Gasteiger partial charge in [-0.15, -0.1) is 0 Å². The molecular weight excluding hydrogens is 368 g/mol. The van der Waals surface area contributed by atoms with Crippen molar-refractivity contribution in [2.24, 2.45) is 0 Å². The Morgan fingerprint density at radius 1 is 1.27 bits per heavy atom. The van der Waals surface area contributed by atoms with E-state index >= 15 is 0 Å². The van der Waals surface area contributed by atoms with Gasteiger partial charge in [-0.25, -0.2) is 9.78 Å². The zero-order valence-electron chi connectivity index (χ0n) is 15.6. The van der Waals surface area contributed by atoms with Gasteiger partial charge in [0.2, 0.25) is 5.91 Å². The van der Waals surface area contributed by atoms with Crippen molar-refractivity contribution in [1.29, 1.82) is 0 Å². The summed E-state index contributed by atoms with van der Waals surface area (Å²) in [5.41, 5.74) is 1.80. The van der Waals surface area contributed by atoms with Crippen molar-refractivity contribution in [3.63, 3.8) is 0 Å². The van der Waals surface area contributed by atoms with Crippen LogP contribution in [0.4, 0.5) is 5.13 Å². The summed E-state index contributed by atoms with van der Waals surface area (Å²) in [4.78, 5) is 31.6. The minimum atomic E-state index is -0.368. The summed E-state index contributed by atoms with van der Waals surface area (Å²) < 4.78 is 5.09. The van der Waals surface area contributed by atoms with E-state index in [-0.39, 0.29) is 11.9 Å². The number of carbonyl (C=O) groups excluding carboxylic acids is 2. The number of nitrogens with zero attached hydrogens (tertiary/aromatic N) is 2. The Morgan fingerprint density at radius 2 is 2.08 bits per heavy atom. The van der Waals surface area contributed by atoms with E-state index in [9.17, 15) is 9.59 Å². The smallest absolute Gasteiger partial charge is 0.350 e. The molecule has 0 N–H and O–H groups in total. The fourth-order valence-corrected chi connectivity index (χ4v) is 4.26. The van der Waals surface area contributed by atoms with E-state index in [0.717, 1.165) is 25.7 Å². The highest BCUT2D eigenvalue weighted by molar-refractivity contribution is 7.17.